The number of nitrogens with zero attached hydrogens (tertiary/aromatic N) is 3. The molecule has 1 saturated carbocycles. The molecule has 7 nitrogen and oxygen atoms in total. The number of pyridine rings is 1. The Bertz CT molecular complexity index is 772. The van der Waals surface area contributed by atoms with Gasteiger partial charge in [-0.05, 0) is 25.0 Å². The molecule has 1 amide bonds. The van der Waals surface area contributed by atoms with Gasteiger partial charge in [-0.1, -0.05) is 37.8 Å². The van der Waals surface area contributed by atoms with Gasteiger partial charge in [0.15, 0.2) is 0 Å². The SMILES string of the molecule is CCS(=N)(=O)N1CCN(c2nc(Cl)ccc2C(=O)NC2CCCCC2)CC1. The van der Waals surface area contributed by atoms with Gasteiger partial charge in [-0.25, -0.2) is 18.3 Å². The van der Waals surface area contributed by atoms with Crippen LogP contribution in [0, 0.1) is 4.78 Å². The van der Waals surface area contributed by atoms with Gasteiger partial charge < -0.3 is 10.2 Å². The predicted molar refractivity (Wildman–Crippen MR) is 109 cm³/mol. The quantitative estimate of drug-likeness (QED) is 0.726. The minimum Gasteiger partial charge on any atom is -0.353 e. The summed E-state index contributed by atoms with van der Waals surface area (Å²) in [5.41, 5.74) is 0.528. The Morgan fingerprint density at radius 1 is 1.26 bits per heavy atom. The van der Waals surface area contributed by atoms with Crippen LogP contribution in [0.1, 0.15) is 49.4 Å². The molecular formula is C18H28ClN5O2S. The van der Waals surface area contributed by atoms with Gasteiger partial charge in [-0.3, -0.25) is 4.79 Å². The molecule has 2 fully saturated rings. The second-order valence-electron chi connectivity index (χ2n) is 7.16. The molecule has 1 aliphatic heterocycles. The number of rotatable bonds is 5. The zero-order valence-corrected chi connectivity index (χ0v) is 17.3. The Hall–Kier alpha value is -1.38. The molecule has 9 heteroatoms. The van der Waals surface area contributed by atoms with E-state index in [1.807, 2.05) is 4.90 Å². The number of nitrogens with one attached hydrogen (secondary N) is 2. The summed E-state index contributed by atoms with van der Waals surface area (Å²) in [6, 6.07) is 3.60. The Morgan fingerprint density at radius 2 is 1.93 bits per heavy atom. The van der Waals surface area contributed by atoms with Crippen LogP contribution in [-0.2, 0) is 9.92 Å². The fourth-order valence-corrected chi connectivity index (χ4v) is 4.99. The van der Waals surface area contributed by atoms with Gasteiger partial charge in [0.25, 0.3) is 5.91 Å². The maximum absolute atomic E-state index is 12.9. The van der Waals surface area contributed by atoms with Crippen LogP contribution in [0.5, 0.6) is 0 Å². The molecule has 1 aromatic rings. The summed E-state index contributed by atoms with van der Waals surface area (Å²) in [5, 5.41) is 3.49. The van der Waals surface area contributed by atoms with Crippen LogP contribution in [0.3, 0.4) is 0 Å². The van der Waals surface area contributed by atoms with Crippen molar-refractivity contribution in [2.75, 3.05) is 36.8 Å². The summed E-state index contributed by atoms with van der Waals surface area (Å²) < 4.78 is 22.0. The van der Waals surface area contributed by atoms with Crippen molar-refractivity contribution in [1.82, 2.24) is 14.6 Å². The Morgan fingerprint density at radius 3 is 2.56 bits per heavy atom. The second kappa shape index (κ2) is 8.75. The van der Waals surface area contributed by atoms with Crippen LogP contribution in [0.15, 0.2) is 12.1 Å². The lowest BCUT2D eigenvalue weighted by Gasteiger charge is -2.36. The molecule has 2 N–H and O–H groups in total. The van der Waals surface area contributed by atoms with Gasteiger partial charge in [0.05, 0.1) is 5.56 Å². The van der Waals surface area contributed by atoms with Crippen molar-refractivity contribution < 1.29 is 9.00 Å². The number of hydrogen-bond acceptors (Lipinski definition) is 5. The lowest BCUT2D eigenvalue weighted by molar-refractivity contribution is 0.0927. The smallest absolute Gasteiger partial charge is 0.255 e. The van der Waals surface area contributed by atoms with Crippen LogP contribution in [0.25, 0.3) is 0 Å². The first-order valence-corrected chi connectivity index (χ1v) is 11.7. The summed E-state index contributed by atoms with van der Waals surface area (Å²) in [7, 11) is -2.70. The summed E-state index contributed by atoms with van der Waals surface area (Å²) >= 11 is 6.10. The molecule has 2 aliphatic rings. The van der Waals surface area contributed by atoms with Gasteiger partial charge >= 0.3 is 0 Å². The van der Waals surface area contributed by atoms with E-state index >= 15 is 0 Å². The number of piperazine rings is 1. The Balaban J connectivity index is 1.74. The van der Waals surface area contributed by atoms with Crippen LogP contribution in [-0.4, -0.2) is 57.4 Å². The fourth-order valence-electron chi connectivity index (χ4n) is 3.73. The molecule has 0 spiro atoms. The Labute approximate surface area is 166 Å². The lowest BCUT2D eigenvalue weighted by Crippen LogP contribution is -2.49. The maximum Gasteiger partial charge on any atom is 0.255 e. The van der Waals surface area contributed by atoms with Gasteiger partial charge in [0.1, 0.15) is 20.9 Å². The molecule has 3 rings (SSSR count). The van der Waals surface area contributed by atoms with Crippen molar-refractivity contribution in [3.8, 4) is 0 Å². The standard InChI is InChI=1S/C18H28ClN5O2S/c1-2-27(20,26)24-12-10-23(11-13-24)17-15(8-9-16(19)22-17)18(25)21-14-6-4-3-5-7-14/h8-9,14,20H,2-7,10-13H2,1H3,(H,21,25). The van der Waals surface area contributed by atoms with E-state index in [1.165, 1.54) is 6.42 Å². The van der Waals surface area contributed by atoms with E-state index in [9.17, 15) is 9.00 Å². The van der Waals surface area contributed by atoms with Gasteiger partial charge in [0.2, 0.25) is 0 Å². The molecule has 1 saturated heterocycles. The molecule has 0 radical (unpaired) electrons. The van der Waals surface area contributed by atoms with Crippen LogP contribution < -0.4 is 10.2 Å². The minimum absolute atomic E-state index is 0.110. The van der Waals surface area contributed by atoms with Gasteiger partial charge in [-0.15, -0.1) is 0 Å². The molecule has 1 atom stereocenters. The number of halogens is 1. The van der Waals surface area contributed by atoms with Gasteiger partial charge in [-0.2, -0.15) is 0 Å². The molecule has 150 valence electrons. The van der Waals surface area contributed by atoms with Crippen molar-refractivity contribution in [2.24, 2.45) is 0 Å². The molecule has 1 unspecified atom stereocenters. The zero-order chi connectivity index (χ0) is 19.4. The van der Waals surface area contributed by atoms with E-state index in [0.717, 1.165) is 25.7 Å². The fraction of sp³-hybridized carbons (Fsp3) is 0.667. The van der Waals surface area contributed by atoms with Crippen LogP contribution in [0.4, 0.5) is 5.82 Å². The first kappa shape index (κ1) is 20.4. The Kier molecular flexibility index (Phi) is 6.60. The summed E-state index contributed by atoms with van der Waals surface area (Å²) in [4.78, 5) is 19.3. The van der Waals surface area contributed by atoms with E-state index in [2.05, 4.69) is 10.3 Å². The lowest BCUT2D eigenvalue weighted by atomic mass is 9.95. The van der Waals surface area contributed by atoms with E-state index in [1.54, 1.807) is 23.4 Å². The van der Waals surface area contributed by atoms with E-state index in [0.29, 0.717) is 48.5 Å². The van der Waals surface area contributed by atoms with E-state index < -0.39 is 9.92 Å². The third kappa shape index (κ3) is 4.92. The molecule has 27 heavy (non-hydrogen) atoms. The summed E-state index contributed by atoms with van der Waals surface area (Å²) in [6.07, 6.45) is 5.59. The van der Waals surface area contributed by atoms with Crippen molar-refractivity contribution in [3.05, 3.63) is 22.8 Å². The highest BCUT2D eigenvalue weighted by atomic mass is 35.5. The van der Waals surface area contributed by atoms with Crippen molar-refractivity contribution in [3.63, 3.8) is 0 Å². The zero-order valence-electron chi connectivity index (χ0n) is 15.7. The molecule has 2 heterocycles. The third-order valence-corrected chi connectivity index (χ3v) is 7.57. The first-order valence-electron chi connectivity index (χ1n) is 9.64. The van der Waals surface area contributed by atoms with E-state index in [-0.39, 0.29) is 11.9 Å². The highest BCUT2D eigenvalue weighted by molar-refractivity contribution is 7.90. The second-order valence-corrected chi connectivity index (χ2v) is 9.92. The molecule has 0 bridgehead atoms. The average molecular weight is 414 g/mol. The number of hydrogen-bond donors (Lipinski definition) is 2. The average Bonchev–Trinajstić information content (AvgIpc) is 2.68. The van der Waals surface area contributed by atoms with Crippen molar-refractivity contribution in [2.45, 2.75) is 45.1 Å². The number of amides is 1. The number of aromatic nitrogens is 1. The molecular weight excluding hydrogens is 386 g/mol. The minimum atomic E-state index is -2.70. The first-order chi connectivity index (χ1) is 12.9. The highest BCUT2D eigenvalue weighted by Gasteiger charge is 2.27. The normalized spacial score (nSPS) is 21.6. The molecule has 1 aliphatic carbocycles. The summed E-state index contributed by atoms with van der Waals surface area (Å²) in [5.74, 6) is 0.780. The molecule has 1 aromatic heterocycles. The predicted octanol–water partition coefficient (Wildman–Crippen LogP) is 2.90. The number of carbonyl (C=O) groups is 1. The third-order valence-electron chi connectivity index (χ3n) is 5.37. The summed E-state index contributed by atoms with van der Waals surface area (Å²) in [6.45, 7) is 3.91. The monoisotopic (exact) mass is 413 g/mol. The van der Waals surface area contributed by atoms with E-state index in [4.69, 9.17) is 16.4 Å². The van der Waals surface area contributed by atoms with Gasteiger partial charge in [0, 0.05) is 38.0 Å². The van der Waals surface area contributed by atoms with Crippen LogP contribution in [0.2, 0.25) is 5.15 Å². The van der Waals surface area contributed by atoms with Crippen molar-refractivity contribution >= 4 is 33.2 Å². The number of anilines is 1. The largest absolute Gasteiger partial charge is 0.353 e. The topological polar surface area (TPSA) is 89.4 Å². The number of carbonyl (C=O) groups excluding carboxylic acids is 1. The van der Waals surface area contributed by atoms with Crippen molar-refractivity contribution in [1.29, 1.82) is 4.78 Å². The highest BCUT2D eigenvalue weighted by Crippen LogP contribution is 2.24. The van der Waals surface area contributed by atoms with Crippen LogP contribution >= 0.6 is 11.6 Å². The molecule has 0 aromatic carbocycles. The maximum atomic E-state index is 12.9.